The van der Waals surface area contributed by atoms with Crippen molar-refractivity contribution >= 4 is 0 Å². The van der Waals surface area contributed by atoms with Gasteiger partial charge in [0.1, 0.15) is 0 Å². The Hall–Kier alpha value is -0.820. The van der Waals surface area contributed by atoms with Crippen LogP contribution < -0.4 is 5.32 Å². The smallest absolute Gasteiger partial charge is 0.0151 e. The minimum absolute atomic E-state index is 0.677. The van der Waals surface area contributed by atoms with Gasteiger partial charge in [0, 0.05) is 12.1 Å². The lowest BCUT2D eigenvalue weighted by Gasteiger charge is -2.23. The van der Waals surface area contributed by atoms with Gasteiger partial charge in [-0.25, -0.2) is 0 Å². The minimum atomic E-state index is 0.677. The van der Waals surface area contributed by atoms with Crippen LogP contribution in [0, 0.1) is 0 Å². The Bertz CT molecular complexity index is 364. The Labute approximate surface area is 131 Å². The molecule has 0 fully saturated rings. The highest BCUT2D eigenvalue weighted by Crippen LogP contribution is 2.23. The first kappa shape index (κ1) is 16.5. The van der Waals surface area contributed by atoms with Gasteiger partial charge in [0.05, 0.1) is 0 Å². The second-order valence-corrected chi connectivity index (χ2v) is 6.73. The lowest BCUT2D eigenvalue weighted by atomic mass is 10.0. The molecule has 0 unspecified atom stereocenters. The second kappa shape index (κ2) is 9.25. The van der Waals surface area contributed by atoms with Gasteiger partial charge < -0.3 is 5.32 Å². The van der Waals surface area contributed by atoms with Crippen LogP contribution in [0.3, 0.4) is 0 Å². The average molecular weight is 287 g/mol. The van der Waals surface area contributed by atoms with Crippen molar-refractivity contribution in [3.8, 4) is 0 Å². The molecule has 0 aromatic heterocycles. The number of benzene rings is 1. The van der Waals surface area contributed by atoms with E-state index in [2.05, 4.69) is 43.4 Å². The molecule has 0 atom stereocenters. The third-order valence-electron chi connectivity index (χ3n) is 4.83. The molecule has 118 valence electrons. The third kappa shape index (κ3) is 5.47. The van der Waals surface area contributed by atoms with Gasteiger partial charge >= 0.3 is 0 Å². The first-order valence-corrected chi connectivity index (χ1v) is 9.16. The molecule has 1 aliphatic carbocycles. The molecule has 1 aromatic carbocycles. The normalized spacial score (nSPS) is 14.8. The largest absolute Gasteiger partial charge is 0.311 e. The first-order valence-electron chi connectivity index (χ1n) is 9.16. The van der Waals surface area contributed by atoms with Crippen LogP contribution in [0.4, 0.5) is 0 Å². The van der Waals surface area contributed by atoms with Crippen LogP contribution >= 0.6 is 0 Å². The van der Waals surface area contributed by atoms with Gasteiger partial charge in [0.2, 0.25) is 0 Å². The lowest BCUT2D eigenvalue weighted by Crippen LogP contribution is -2.38. The maximum atomic E-state index is 3.98. The number of nitrogens with one attached hydrogen (secondary N) is 1. The molecular formula is C20H33N. The van der Waals surface area contributed by atoms with Crippen LogP contribution in [0.2, 0.25) is 0 Å². The average Bonchev–Trinajstić information content (AvgIpc) is 2.89. The molecular weight excluding hydrogens is 254 g/mol. The van der Waals surface area contributed by atoms with Crippen LogP contribution in [0.1, 0.15) is 76.3 Å². The van der Waals surface area contributed by atoms with E-state index >= 15 is 0 Å². The van der Waals surface area contributed by atoms with Gasteiger partial charge in [0.15, 0.2) is 0 Å². The summed E-state index contributed by atoms with van der Waals surface area (Å²) in [5.41, 5.74) is 3.13. The topological polar surface area (TPSA) is 12.0 Å². The molecule has 0 bridgehead atoms. The maximum Gasteiger partial charge on any atom is 0.0151 e. The van der Waals surface area contributed by atoms with Crippen LogP contribution in [-0.2, 0) is 12.8 Å². The van der Waals surface area contributed by atoms with Gasteiger partial charge in [0.25, 0.3) is 0 Å². The maximum absolute atomic E-state index is 3.98. The van der Waals surface area contributed by atoms with E-state index in [1.54, 1.807) is 11.1 Å². The van der Waals surface area contributed by atoms with Crippen molar-refractivity contribution in [2.75, 3.05) is 0 Å². The Balaban J connectivity index is 1.80. The van der Waals surface area contributed by atoms with Gasteiger partial charge in [-0.3, -0.25) is 0 Å². The molecule has 0 radical (unpaired) electrons. The molecule has 0 aliphatic heterocycles. The molecule has 0 spiro atoms. The van der Waals surface area contributed by atoms with E-state index < -0.39 is 0 Å². The fourth-order valence-electron chi connectivity index (χ4n) is 3.60. The van der Waals surface area contributed by atoms with Crippen LogP contribution in [0.15, 0.2) is 24.3 Å². The van der Waals surface area contributed by atoms with Crippen LogP contribution in [-0.4, -0.2) is 12.1 Å². The summed E-state index contributed by atoms with van der Waals surface area (Å²) in [5, 5.41) is 3.98. The quantitative estimate of drug-likeness (QED) is 0.578. The number of unbranched alkanes of at least 4 members (excludes halogenated alkanes) is 4. The SMILES string of the molecule is CCCCCC(CCCCC)NC1Cc2ccccc2C1. The highest BCUT2D eigenvalue weighted by Gasteiger charge is 2.22. The highest BCUT2D eigenvalue weighted by molar-refractivity contribution is 5.33. The molecule has 0 saturated heterocycles. The number of fused-ring (bicyclic) bond motifs is 1. The zero-order chi connectivity index (χ0) is 14.9. The molecule has 1 nitrogen and oxygen atoms in total. The molecule has 0 saturated carbocycles. The molecule has 0 amide bonds. The van der Waals surface area contributed by atoms with Gasteiger partial charge in [-0.2, -0.15) is 0 Å². The Morgan fingerprint density at radius 1 is 0.905 bits per heavy atom. The summed E-state index contributed by atoms with van der Waals surface area (Å²) >= 11 is 0. The Kier molecular flexibility index (Phi) is 7.29. The predicted molar refractivity (Wildman–Crippen MR) is 92.8 cm³/mol. The molecule has 1 heteroatoms. The fraction of sp³-hybridized carbons (Fsp3) is 0.700. The van der Waals surface area contributed by atoms with Gasteiger partial charge in [-0.05, 0) is 36.8 Å². The summed E-state index contributed by atoms with van der Waals surface area (Å²) in [6.07, 6.45) is 13.4. The van der Waals surface area contributed by atoms with Crippen molar-refractivity contribution < 1.29 is 0 Å². The summed E-state index contributed by atoms with van der Waals surface area (Å²) in [7, 11) is 0. The summed E-state index contributed by atoms with van der Waals surface area (Å²) in [6.45, 7) is 4.60. The van der Waals surface area contributed by atoms with Crippen molar-refractivity contribution in [1.82, 2.24) is 5.32 Å². The standard InChI is InChI=1S/C20H33N/c1-3-5-7-13-19(14-8-6-4-2)21-20-15-17-11-9-10-12-18(17)16-20/h9-12,19-21H,3-8,13-16H2,1-2H3. The molecule has 1 N–H and O–H groups in total. The Morgan fingerprint density at radius 2 is 1.43 bits per heavy atom. The first-order chi connectivity index (χ1) is 10.3. The summed E-state index contributed by atoms with van der Waals surface area (Å²) in [4.78, 5) is 0. The van der Waals surface area contributed by atoms with Crippen molar-refractivity contribution in [3.63, 3.8) is 0 Å². The van der Waals surface area contributed by atoms with E-state index in [1.807, 2.05) is 0 Å². The minimum Gasteiger partial charge on any atom is -0.311 e. The summed E-state index contributed by atoms with van der Waals surface area (Å²) in [6, 6.07) is 10.4. The molecule has 1 aliphatic rings. The zero-order valence-corrected chi connectivity index (χ0v) is 14.0. The lowest BCUT2D eigenvalue weighted by molar-refractivity contribution is 0.373. The molecule has 2 rings (SSSR count). The van der Waals surface area contributed by atoms with Crippen LogP contribution in [0.25, 0.3) is 0 Å². The van der Waals surface area contributed by atoms with Crippen molar-refractivity contribution in [2.45, 2.75) is 90.1 Å². The number of rotatable bonds is 10. The Morgan fingerprint density at radius 3 is 1.90 bits per heavy atom. The van der Waals surface area contributed by atoms with Gasteiger partial charge in [-0.1, -0.05) is 76.6 Å². The predicted octanol–water partition coefficient (Wildman–Crippen LogP) is 5.27. The highest BCUT2D eigenvalue weighted by atomic mass is 15.0. The van der Waals surface area contributed by atoms with E-state index in [0.29, 0.717) is 6.04 Å². The van der Waals surface area contributed by atoms with Crippen molar-refractivity contribution in [2.24, 2.45) is 0 Å². The third-order valence-corrected chi connectivity index (χ3v) is 4.83. The summed E-state index contributed by atoms with van der Waals surface area (Å²) < 4.78 is 0. The number of hydrogen-bond acceptors (Lipinski definition) is 1. The zero-order valence-electron chi connectivity index (χ0n) is 14.0. The van der Waals surface area contributed by atoms with E-state index in [4.69, 9.17) is 0 Å². The van der Waals surface area contributed by atoms with Crippen molar-refractivity contribution in [3.05, 3.63) is 35.4 Å². The van der Waals surface area contributed by atoms with Crippen LogP contribution in [0.5, 0.6) is 0 Å². The van der Waals surface area contributed by atoms with E-state index in [0.717, 1.165) is 6.04 Å². The van der Waals surface area contributed by atoms with E-state index in [-0.39, 0.29) is 0 Å². The molecule has 0 heterocycles. The van der Waals surface area contributed by atoms with E-state index in [9.17, 15) is 0 Å². The van der Waals surface area contributed by atoms with Gasteiger partial charge in [-0.15, -0.1) is 0 Å². The summed E-state index contributed by atoms with van der Waals surface area (Å²) in [5.74, 6) is 0. The fourth-order valence-corrected chi connectivity index (χ4v) is 3.60. The molecule has 1 aromatic rings. The second-order valence-electron chi connectivity index (χ2n) is 6.73. The number of hydrogen-bond donors (Lipinski definition) is 1. The monoisotopic (exact) mass is 287 g/mol. The van der Waals surface area contributed by atoms with E-state index in [1.165, 1.54) is 64.2 Å². The van der Waals surface area contributed by atoms with Crippen molar-refractivity contribution in [1.29, 1.82) is 0 Å². The molecule has 21 heavy (non-hydrogen) atoms.